The van der Waals surface area contributed by atoms with Gasteiger partial charge < -0.3 is 9.88 Å². The first-order valence-corrected chi connectivity index (χ1v) is 11.7. The Morgan fingerprint density at radius 2 is 2.13 bits per heavy atom. The lowest BCUT2D eigenvalue weighted by Crippen LogP contribution is -2.21. The van der Waals surface area contributed by atoms with Gasteiger partial charge in [-0.25, -0.2) is 15.1 Å². The number of nitrogens with zero attached hydrogens (tertiary/aromatic N) is 3. The third-order valence-corrected chi connectivity index (χ3v) is 6.29. The van der Waals surface area contributed by atoms with Gasteiger partial charge in [-0.3, -0.25) is 4.18 Å². The molecule has 160 valence electrons. The second-order valence-corrected chi connectivity index (χ2v) is 8.96. The van der Waals surface area contributed by atoms with Gasteiger partial charge in [-0.2, -0.15) is 8.42 Å². The number of aryl methyl sites for hydroxylation is 2. The van der Waals surface area contributed by atoms with Gasteiger partial charge in [-0.05, 0) is 42.4 Å². The average molecular weight is 430 g/mol. The highest BCUT2D eigenvalue weighted by Gasteiger charge is 2.23. The number of anilines is 1. The highest BCUT2D eigenvalue weighted by atomic mass is 32.2. The predicted octanol–water partition coefficient (Wildman–Crippen LogP) is 3.17. The Morgan fingerprint density at radius 1 is 1.30 bits per heavy atom. The number of hydrogen-bond donors (Lipinski definition) is 2. The molecular formula is C21H27N5O3S. The van der Waals surface area contributed by atoms with Crippen molar-refractivity contribution in [2.45, 2.75) is 45.2 Å². The van der Waals surface area contributed by atoms with Crippen LogP contribution in [0.5, 0.6) is 0 Å². The monoisotopic (exact) mass is 429 g/mol. The van der Waals surface area contributed by atoms with Crippen molar-refractivity contribution in [3.05, 3.63) is 54.0 Å². The smallest absolute Gasteiger partial charge is 0.333 e. The molecule has 3 aromatic rings. The van der Waals surface area contributed by atoms with Crippen LogP contribution >= 0.6 is 0 Å². The lowest BCUT2D eigenvalue weighted by molar-refractivity contribution is 0.236. The van der Waals surface area contributed by atoms with E-state index in [0.717, 1.165) is 42.5 Å². The molecule has 0 bridgehead atoms. The van der Waals surface area contributed by atoms with Crippen molar-refractivity contribution >= 4 is 27.2 Å². The number of fused-ring (bicyclic) bond motifs is 2. The van der Waals surface area contributed by atoms with E-state index in [1.807, 2.05) is 19.2 Å². The van der Waals surface area contributed by atoms with Crippen molar-refractivity contribution in [1.82, 2.24) is 14.5 Å². The van der Waals surface area contributed by atoms with Crippen LogP contribution in [0, 0.1) is 5.92 Å². The third-order valence-electron chi connectivity index (χ3n) is 5.82. The first-order valence-electron chi connectivity index (χ1n) is 10.3. The fourth-order valence-electron chi connectivity index (χ4n) is 4.09. The molecule has 30 heavy (non-hydrogen) atoms. The molecule has 4 rings (SSSR count). The number of rotatable bonds is 9. The van der Waals surface area contributed by atoms with Crippen LogP contribution in [0.25, 0.3) is 11.0 Å². The zero-order chi connectivity index (χ0) is 21.1. The molecular weight excluding hydrogens is 402 g/mol. The van der Waals surface area contributed by atoms with Crippen LogP contribution in [0.4, 0.5) is 5.82 Å². The third kappa shape index (κ3) is 4.63. The van der Waals surface area contributed by atoms with E-state index in [1.54, 1.807) is 6.33 Å². The van der Waals surface area contributed by atoms with E-state index in [4.69, 9.17) is 9.32 Å². The number of nitrogens with two attached hydrogens (primary N) is 1. The zero-order valence-corrected chi connectivity index (χ0v) is 17.8. The standard InChI is InChI=1S/C21H27N5O3S/c1-2-15(13-29-30(22,27)28)9-11-26-12-10-18-20(23-14-24-21(18)26)25-19-8-7-16-5-3-4-6-17(16)19/h3-6,10,12,14-15,19H,2,7-9,11,13H2,1H3,(H2,22,27,28)(H,23,24,25)/t15-,19+/m1/s1. The molecule has 1 aromatic carbocycles. The number of benzene rings is 1. The molecule has 0 aliphatic heterocycles. The van der Waals surface area contributed by atoms with Gasteiger partial charge in [-0.1, -0.05) is 37.6 Å². The molecule has 2 aromatic heterocycles. The van der Waals surface area contributed by atoms with Gasteiger partial charge in [-0.15, -0.1) is 0 Å². The Kier molecular flexibility index (Phi) is 6.03. The van der Waals surface area contributed by atoms with Crippen LogP contribution in [0.3, 0.4) is 0 Å². The molecule has 9 heteroatoms. The van der Waals surface area contributed by atoms with Crippen molar-refractivity contribution in [3.8, 4) is 0 Å². The Labute approximate surface area is 176 Å². The van der Waals surface area contributed by atoms with Crippen molar-refractivity contribution < 1.29 is 12.6 Å². The van der Waals surface area contributed by atoms with E-state index < -0.39 is 10.3 Å². The van der Waals surface area contributed by atoms with Gasteiger partial charge in [0.15, 0.2) is 0 Å². The average Bonchev–Trinajstić information content (AvgIpc) is 3.33. The normalized spacial score (nSPS) is 17.2. The highest BCUT2D eigenvalue weighted by molar-refractivity contribution is 7.84. The predicted molar refractivity (Wildman–Crippen MR) is 116 cm³/mol. The largest absolute Gasteiger partial charge is 0.363 e. The van der Waals surface area contributed by atoms with Crippen LogP contribution in [0.2, 0.25) is 0 Å². The minimum absolute atomic E-state index is 0.0928. The Balaban J connectivity index is 1.47. The summed E-state index contributed by atoms with van der Waals surface area (Å²) >= 11 is 0. The van der Waals surface area contributed by atoms with E-state index in [2.05, 4.69) is 44.1 Å². The topological polar surface area (TPSA) is 112 Å². The fourth-order valence-corrected chi connectivity index (χ4v) is 4.47. The Morgan fingerprint density at radius 3 is 2.93 bits per heavy atom. The molecule has 0 fully saturated rings. The SMILES string of the molecule is CC[C@H](CCn1ccc2c(N[C@H]3CCc4ccccc43)ncnc21)COS(N)(=O)=O. The molecule has 0 saturated carbocycles. The summed E-state index contributed by atoms with van der Waals surface area (Å²) < 4.78 is 28.9. The Bertz CT molecular complexity index is 1130. The summed E-state index contributed by atoms with van der Waals surface area (Å²) in [5.41, 5.74) is 3.59. The second-order valence-electron chi connectivity index (χ2n) is 7.74. The zero-order valence-electron chi connectivity index (χ0n) is 17.0. The minimum Gasteiger partial charge on any atom is -0.363 e. The first-order chi connectivity index (χ1) is 14.4. The first kappa shape index (κ1) is 20.8. The van der Waals surface area contributed by atoms with Gasteiger partial charge in [0.25, 0.3) is 0 Å². The van der Waals surface area contributed by atoms with Crippen molar-refractivity contribution in [2.24, 2.45) is 11.1 Å². The maximum absolute atomic E-state index is 11.0. The summed E-state index contributed by atoms with van der Waals surface area (Å²) in [6, 6.07) is 10.8. The van der Waals surface area contributed by atoms with Crippen LogP contribution in [0.15, 0.2) is 42.9 Å². The summed E-state index contributed by atoms with van der Waals surface area (Å²) in [6.45, 7) is 2.81. The summed E-state index contributed by atoms with van der Waals surface area (Å²) in [5.74, 6) is 0.931. The van der Waals surface area contributed by atoms with Gasteiger partial charge in [0.2, 0.25) is 0 Å². The fraction of sp³-hybridized carbons (Fsp3) is 0.429. The molecule has 8 nitrogen and oxygen atoms in total. The highest BCUT2D eigenvalue weighted by Crippen LogP contribution is 2.34. The van der Waals surface area contributed by atoms with Gasteiger partial charge in [0.1, 0.15) is 17.8 Å². The van der Waals surface area contributed by atoms with E-state index in [0.29, 0.717) is 6.54 Å². The van der Waals surface area contributed by atoms with Crippen molar-refractivity contribution in [3.63, 3.8) is 0 Å². The van der Waals surface area contributed by atoms with Gasteiger partial charge in [0.05, 0.1) is 18.0 Å². The van der Waals surface area contributed by atoms with E-state index in [-0.39, 0.29) is 18.6 Å². The van der Waals surface area contributed by atoms with Gasteiger partial charge in [0, 0.05) is 12.7 Å². The van der Waals surface area contributed by atoms with E-state index >= 15 is 0 Å². The quantitative estimate of drug-likeness (QED) is 0.540. The molecule has 3 N–H and O–H groups in total. The van der Waals surface area contributed by atoms with Crippen molar-refractivity contribution in [1.29, 1.82) is 0 Å². The van der Waals surface area contributed by atoms with Crippen LogP contribution < -0.4 is 10.5 Å². The molecule has 1 aliphatic rings. The van der Waals surface area contributed by atoms with E-state index in [1.165, 1.54) is 11.1 Å². The van der Waals surface area contributed by atoms with Crippen LogP contribution in [-0.4, -0.2) is 29.6 Å². The van der Waals surface area contributed by atoms with Gasteiger partial charge >= 0.3 is 10.3 Å². The molecule has 2 heterocycles. The maximum Gasteiger partial charge on any atom is 0.333 e. The molecule has 0 radical (unpaired) electrons. The summed E-state index contributed by atoms with van der Waals surface area (Å²) in [4.78, 5) is 8.96. The number of hydrogen-bond acceptors (Lipinski definition) is 6. The maximum atomic E-state index is 11.0. The minimum atomic E-state index is -3.91. The number of aromatic nitrogens is 3. The summed E-state index contributed by atoms with van der Waals surface area (Å²) in [7, 11) is -3.91. The van der Waals surface area contributed by atoms with Crippen LogP contribution in [-0.2, 0) is 27.5 Å². The van der Waals surface area contributed by atoms with E-state index in [9.17, 15) is 8.42 Å². The second kappa shape index (κ2) is 8.71. The van der Waals surface area contributed by atoms with Crippen LogP contribution in [0.1, 0.15) is 43.4 Å². The van der Waals surface area contributed by atoms with Crippen molar-refractivity contribution in [2.75, 3.05) is 11.9 Å². The molecule has 0 spiro atoms. The molecule has 0 amide bonds. The molecule has 0 saturated heterocycles. The molecule has 0 unspecified atom stereocenters. The lowest BCUT2D eigenvalue weighted by atomic mass is 10.0. The Hall–Kier alpha value is -2.49. The number of nitrogens with one attached hydrogen (secondary N) is 1. The molecule has 2 atom stereocenters. The molecule has 1 aliphatic carbocycles. The summed E-state index contributed by atoms with van der Waals surface area (Å²) in [5, 5.41) is 9.52. The lowest BCUT2D eigenvalue weighted by Gasteiger charge is -2.16. The summed E-state index contributed by atoms with van der Waals surface area (Å²) in [6.07, 6.45) is 7.27.